The van der Waals surface area contributed by atoms with Gasteiger partial charge in [0.2, 0.25) is 0 Å². The second-order valence-corrected chi connectivity index (χ2v) is 6.40. The lowest BCUT2D eigenvalue weighted by Crippen LogP contribution is -2.13. The summed E-state index contributed by atoms with van der Waals surface area (Å²) in [6, 6.07) is 10.3. The van der Waals surface area contributed by atoms with Crippen LogP contribution >= 0.6 is 0 Å². The SMILES string of the molecule is Cc1ccc(C(C)(C)C)c(OCc2ccnc(CN)c2)c1. The van der Waals surface area contributed by atoms with E-state index in [-0.39, 0.29) is 5.41 Å². The van der Waals surface area contributed by atoms with Crippen LogP contribution in [0, 0.1) is 6.92 Å². The zero-order valence-corrected chi connectivity index (χ0v) is 13.3. The Hall–Kier alpha value is -1.87. The number of pyridine rings is 1. The molecule has 3 nitrogen and oxygen atoms in total. The number of benzene rings is 1. The van der Waals surface area contributed by atoms with Crippen molar-refractivity contribution < 1.29 is 4.74 Å². The Labute approximate surface area is 127 Å². The van der Waals surface area contributed by atoms with Gasteiger partial charge in [-0.15, -0.1) is 0 Å². The summed E-state index contributed by atoms with van der Waals surface area (Å²) in [6.45, 7) is 9.66. The Morgan fingerprint density at radius 1 is 1.14 bits per heavy atom. The molecular formula is C18H24N2O. The number of ether oxygens (including phenoxy) is 1. The van der Waals surface area contributed by atoms with Crippen molar-refractivity contribution in [1.29, 1.82) is 0 Å². The second-order valence-electron chi connectivity index (χ2n) is 6.40. The molecule has 21 heavy (non-hydrogen) atoms. The van der Waals surface area contributed by atoms with Crippen molar-refractivity contribution in [3.8, 4) is 5.75 Å². The molecule has 0 aliphatic heterocycles. The van der Waals surface area contributed by atoms with Crippen LogP contribution in [0.5, 0.6) is 5.75 Å². The molecule has 112 valence electrons. The number of hydrogen-bond acceptors (Lipinski definition) is 3. The third-order valence-corrected chi connectivity index (χ3v) is 3.43. The normalized spacial score (nSPS) is 11.5. The van der Waals surface area contributed by atoms with E-state index in [1.807, 2.05) is 12.1 Å². The van der Waals surface area contributed by atoms with Crippen LogP contribution in [0.1, 0.15) is 43.2 Å². The van der Waals surface area contributed by atoms with Crippen molar-refractivity contribution in [3.63, 3.8) is 0 Å². The highest BCUT2D eigenvalue weighted by molar-refractivity contribution is 5.41. The van der Waals surface area contributed by atoms with Gasteiger partial charge >= 0.3 is 0 Å². The van der Waals surface area contributed by atoms with Crippen LogP contribution in [0.15, 0.2) is 36.5 Å². The average Bonchev–Trinajstić information content (AvgIpc) is 2.44. The van der Waals surface area contributed by atoms with E-state index in [2.05, 4.69) is 50.9 Å². The minimum atomic E-state index is 0.0592. The summed E-state index contributed by atoms with van der Waals surface area (Å²) in [6.07, 6.45) is 1.78. The molecule has 0 fully saturated rings. The van der Waals surface area contributed by atoms with E-state index in [0.29, 0.717) is 13.2 Å². The Morgan fingerprint density at radius 3 is 2.57 bits per heavy atom. The maximum atomic E-state index is 6.06. The van der Waals surface area contributed by atoms with Gasteiger partial charge in [-0.25, -0.2) is 0 Å². The van der Waals surface area contributed by atoms with Crippen molar-refractivity contribution in [2.24, 2.45) is 5.73 Å². The molecule has 0 unspecified atom stereocenters. The van der Waals surface area contributed by atoms with Crippen molar-refractivity contribution >= 4 is 0 Å². The molecular weight excluding hydrogens is 260 g/mol. The predicted octanol–water partition coefficient (Wildman–Crippen LogP) is 3.73. The standard InChI is InChI=1S/C18H24N2O/c1-13-5-6-16(18(2,3)4)17(9-13)21-12-14-7-8-20-15(10-14)11-19/h5-10H,11-12,19H2,1-4H3. The molecule has 2 aromatic rings. The van der Waals surface area contributed by atoms with Gasteiger partial charge < -0.3 is 10.5 Å². The molecule has 0 bridgehead atoms. The molecule has 0 radical (unpaired) electrons. The highest BCUT2D eigenvalue weighted by Gasteiger charge is 2.19. The van der Waals surface area contributed by atoms with Gasteiger partial charge in [0.05, 0.1) is 5.69 Å². The molecule has 3 heteroatoms. The quantitative estimate of drug-likeness (QED) is 0.930. The van der Waals surface area contributed by atoms with Crippen LogP contribution in [0.4, 0.5) is 0 Å². The summed E-state index contributed by atoms with van der Waals surface area (Å²) in [5, 5.41) is 0. The van der Waals surface area contributed by atoms with Gasteiger partial charge in [0.25, 0.3) is 0 Å². The van der Waals surface area contributed by atoms with E-state index >= 15 is 0 Å². The molecule has 0 atom stereocenters. The van der Waals surface area contributed by atoms with Gasteiger partial charge in [-0.2, -0.15) is 0 Å². The number of rotatable bonds is 4. The first-order valence-corrected chi connectivity index (χ1v) is 7.28. The van der Waals surface area contributed by atoms with Crippen molar-refractivity contribution in [2.75, 3.05) is 0 Å². The van der Waals surface area contributed by atoms with Gasteiger partial charge in [0.1, 0.15) is 12.4 Å². The Balaban J connectivity index is 2.21. The van der Waals surface area contributed by atoms with E-state index in [4.69, 9.17) is 10.5 Å². The molecule has 0 aliphatic rings. The lowest BCUT2D eigenvalue weighted by molar-refractivity contribution is 0.297. The van der Waals surface area contributed by atoms with Crippen LogP contribution < -0.4 is 10.5 Å². The fraction of sp³-hybridized carbons (Fsp3) is 0.389. The summed E-state index contributed by atoms with van der Waals surface area (Å²) in [4.78, 5) is 4.20. The van der Waals surface area contributed by atoms with Gasteiger partial charge in [-0.3, -0.25) is 4.98 Å². The van der Waals surface area contributed by atoms with Gasteiger partial charge in [0, 0.05) is 12.7 Å². The predicted molar refractivity (Wildman–Crippen MR) is 86.3 cm³/mol. The summed E-state index contributed by atoms with van der Waals surface area (Å²) in [7, 11) is 0. The average molecular weight is 284 g/mol. The first-order valence-electron chi connectivity index (χ1n) is 7.28. The number of hydrogen-bond donors (Lipinski definition) is 1. The molecule has 2 N–H and O–H groups in total. The zero-order valence-electron chi connectivity index (χ0n) is 13.3. The Bertz CT molecular complexity index is 615. The van der Waals surface area contributed by atoms with Crippen LogP contribution in [0.2, 0.25) is 0 Å². The van der Waals surface area contributed by atoms with Gasteiger partial charge in [-0.1, -0.05) is 32.9 Å². The monoisotopic (exact) mass is 284 g/mol. The van der Waals surface area contributed by atoms with E-state index < -0.39 is 0 Å². The summed E-state index contributed by atoms with van der Waals surface area (Å²) in [5.74, 6) is 0.952. The molecule has 0 saturated carbocycles. The zero-order chi connectivity index (χ0) is 15.5. The topological polar surface area (TPSA) is 48.1 Å². The second kappa shape index (κ2) is 6.27. The van der Waals surface area contributed by atoms with Gasteiger partial charge in [0.15, 0.2) is 0 Å². The first kappa shape index (κ1) is 15.5. The summed E-state index contributed by atoms with van der Waals surface area (Å²) >= 11 is 0. The molecule has 0 spiro atoms. The van der Waals surface area contributed by atoms with Crippen molar-refractivity contribution in [2.45, 2.75) is 46.3 Å². The smallest absolute Gasteiger partial charge is 0.123 e. The van der Waals surface area contributed by atoms with Crippen LogP contribution in [-0.4, -0.2) is 4.98 Å². The van der Waals surface area contributed by atoms with E-state index in [1.165, 1.54) is 11.1 Å². The minimum absolute atomic E-state index is 0.0592. The van der Waals surface area contributed by atoms with Crippen LogP contribution in [0.25, 0.3) is 0 Å². The maximum Gasteiger partial charge on any atom is 0.123 e. The molecule has 0 saturated heterocycles. The highest BCUT2D eigenvalue weighted by Crippen LogP contribution is 2.32. The molecule has 1 aromatic heterocycles. The molecule has 0 aliphatic carbocycles. The Kier molecular flexibility index (Phi) is 4.63. The minimum Gasteiger partial charge on any atom is -0.489 e. The summed E-state index contributed by atoms with van der Waals surface area (Å²) < 4.78 is 6.06. The highest BCUT2D eigenvalue weighted by atomic mass is 16.5. The number of aryl methyl sites for hydroxylation is 1. The fourth-order valence-electron chi connectivity index (χ4n) is 2.26. The first-order chi connectivity index (χ1) is 9.90. The van der Waals surface area contributed by atoms with Crippen LogP contribution in [-0.2, 0) is 18.6 Å². The van der Waals surface area contributed by atoms with Crippen molar-refractivity contribution in [3.05, 3.63) is 58.9 Å². The fourth-order valence-corrected chi connectivity index (χ4v) is 2.26. The third-order valence-electron chi connectivity index (χ3n) is 3.43. The molecule has 1 heterocycles. The largest absolute Gasteiger partial charge is 0.489 e. The number of nitrogens with two attached hydrogens (primary N) is 1. The number of aromatic nitrogens is 1. The molecule has 1 aromatic carbocycles. The van der Waals surface area contributed by atoms with E-state index in [0.717, 1.165) is 17.0 Å². The third kappa shape index (κ3) is 4.05. The molecule has 0 amide bonds. The van der Waals surface area contributed by atoms with Crippen LogP contribution in [0.3, 0.4) is 0 Å². The van der Waals surface area contributed by atoms with Gasteiger partial charge in [-0.05, 0) is 47.2 Å². The van der Waals surface area contributed by atoms with E-state index in [1.54, 1.807) is 6.20 Å². The van der Waals surface area contributed by atoms with Crippen molar-refractivity contribution in [1.82, 2.24) is 4.98 Å². The lowest BCUT2D eigenvalue weighted by atomic mass is 9.86. The molecule has 2 rings (SSSR count). The Morgan fingerprint density at radius 2 is 1.90 bits per heavy atom. The number of nitrogens with zero attached hydrogens (tertiary/aromatic N) is 1. The van der Waals surface area contributed by atoms with E-state index in [9.17, 15) is 0 Å². The maximum absolute atomic E-state index is 6.06. The summed E-state index contributed by atoms with van der Waals surface area (Å²) in [5.41, 5.74) is 10.1. The lowest BCUT2D eigenvalue weighted by Gasteiger charge is -2.23.